The summed E-state index contributed by atoms with van der Waals surface area (Å²) in [5, 5.41) is 2.98. The van der Waals surface area contributed by atoms with Gasteiger partial charge in [0.1, 0.15) is 11.5 Å². The van der Waals surface area contributed by atoms with Gasteiger partial charge in [-0.2, -0.15) is 0 Å². The molecule has 0 aliphatic heterocycles. The van der Waals surface area contributed by atoms with Crippen LogP contribution in [0, 0.1) is 25.5 Å². The first kappa shape index (κ1) is 16.9. The molecule has 122 valence electrons. The van der Waals surface area contributed by atoms with Gasteiger partial charge in [-0.15, -0.1) is 0 Å². The average Bonchev–Trinajstić information content (AvgIpc) is 2.52. The van der Waals surface area contributed by atoms with Gasteiger partial charge in [0.15, 0.2) is 5.82 Å². The number of para-hydroxylation sites is 1. The van der Waals surface area contributed by atoms with E-state index in [1.807, 2.05) is 25.8 Å². The summed E-state index contributed by atoms with van der Waals surface area (Å²) in [6.07, 6.45) is 1.59. The van der Waals surface area contributed by atoms with Crippen LogP contribution in [0.3, 0.4) is 0 Å². The van der Waals surface area contributed by atoms with Crippen molar-refractivity contribution in [2.24, 2.45) is 4.99 Å². The predicted molar refractivity (Wildman–Crippen MR) is 92.0 cm³/mol. The lowest BCUT2D eigenvalue weighted by Gasteiger charge is -2.14. The van der Waals surface area contributed by atoms with E-state index < -0.39 is 5.82 Å². The largest absolute Gasteiger partial charge is 0.366 e. The Balaban J connectivity index is 2.32. The molecule has 0 saturated heterocycles. The molecule has 0 atom stereocenters. The van der Waals surface area contributed by atoms with Crippen LogP contribution in [0.15, 0.2) is 35.3 Å². The second-order valence-electron chi connectivity index (χ2n) is 5.49. The first-order valence-corrected chi connectivity index (χ1v) is 7.49. The second kappa shape index (κ2) is 7.22. The topological polar surface area (TPSA) is 27.6 Å². The number of nitrogens with one attached hydrogen (secondary N) is 1. The first-order valence-electron chi connectivity index (χ1n) is 7.49. The fraction of sp³-hybridized carbons (Fsp3) is 0.278. The fourth-order valence-electron chi connectivity index (χ4n) is 2.07. The lowest BCUT2D eigenvalue weighted by molar-refractivity contribution is 0.551. The van der Waals surface area contributed by atoms with E-state index in [4.69, 9.17) is 0 Å². The number of aryl methyl sites for hydroxylation is 2. The molecule has 0 spiro atoms. The lowest BCUT2D eigenvalue weighted by Crippen LogP contribution is -2.14. The van der Waals surface area contributed by atoms with Gasteiger partial charge in [0.25, 0.3) is 0 Å². The van der Waals surface area contributed by atoms with Crippen molar-refractivity contribution in [2.45, 2.75) is 20.8 Å². The van der Waals surface area contributed by atoms with Crippen molar-refractivity contribution in [3.05, 3.63) is 53.1 Å². The standard InChI is InChI=1S/C18H21F2N3/c1-5-23(4)11-21-17-9-13(3)16(10-15(17)20)22-18-12(2)7-6-8-14(18)19/h6-11,22H,5H2,1-4H3. The Kier molecular flexibility index (Phi) is 5.32. The van der Waals surface area contributed by atoms with E-state index >= 15 is 0 Å². The Morgan fingerprint density at radius 3 is 2.52 bits per heavy atom. The molecule has 0 radical (unpaired) electrons. The number of rotatable bonds is 5. The van der Waals surface area contributed by atoms with Crippen molar-refractivity contribution in [1.29, 1.82) is 0 Å². The third-order valence-corrected chi connectivity index (χ3v) is 3.67. The first-order chi connectivity index (χ1) is 10.9. The summed E-state index contributed by atoms with van der Waals surface area (Å²) >= 11 is 0. The summed E-state index contributed by atoms with van der Waals surface area (Å²) < 4.78 is 28.1. The molecule has 0 fully saturated rings. The number of hydrogen-bond acceptors (Lipinski definition) is 2. The molecule has 0 aromatic heterocycles. The van der Waals surface area contributed by atoms with Crippen LogP contribution in [0.2, 0.25) is 0 Å². The molecule has 0 heterocycles. The number of aliphatic imine (C=N–C) groups is 1. The van der Waals surface area contributed by atoms with Gasteiger partial charge in [0.2, 0.25) is 0 Å². The van der Waals surface area contributed by atoms with E-state index in [1.165, 1.54) is 12.1 Å². The quantitative estimate of drug-likeness (QED) is 0.625. The summed E-state index contributed by atoms with van der Waals surface area (Å²) in [6, 6.07) is 7.82. The predicted octanol–water partition coefficient (Wildman–Crippen LogP) is 4.94. The molecule has 0 bridgehead atoms. The number of nitrogens with zero attached hydrogens (tertiary/aromatic N) is 2. The highest BCUT2D eigenvalue weighted by Gasteiger charge is 2.10. The van der Waals surface area contributed by atoms with Crippen molar-refractivity contribution in [1.82, 2.24) is 4.90 Å². The third kappa shape index (κ3) is 4.06. The number of hydrogen-bond donors (Lipinski definition) is 1. The fourth-order valence-corrected chi connectivity index (χ4v) is 2.07. The SMILES string of the molecule is CCN(C)C=Nc1cc(C)c(Nc2c(C)cccc2F)cc1F. The van der Waals surface area contributed by atoms with Crippen LogP contribution in [0.5, 0.6) is 0 Å². The van der Waals surface area contributed by atoms with Crippen LogP contribution in [-0.4, -0.2) is 24.8 Å². The minimum atomic E-state index is -0.451. The van der Waals surface area contributed by atoms with Gasteiger partial charge in [-0.25, -0.2) is 13.8 Å². The Bertz CT molecular complexity index is 706. The molecule has 0 saturated carbocycles. The van der Waals surface area contributed by atoms with Gasteiger partial charge in [-0.1, -0.05) is 12.1 Å². The zero-order valence-electron chi connectivity index (χ0n) is 13.8. The van der Waals surface area contributed by atoms with Crippen LogP contribution >= 0.6 is 0 Å². The third-order valence-electron chi connectivity index (χ3n) is 3.67. The van der Waals surface area contributed by atoms with E-state index in [1.54, 1.807) is 31.5 Å². The molecule has 1 N–H and O–H groups in total. The maximum atomic E-state index is 14.2. The molecule has 2 rings (SSSR count). The van der Waals surface area contributed by atoms with Gasteiger partial charge < -0.3 is 10.2 Å². The number of anilines is 2. The lowest BCUT2D eigenvalue weighted by atomic mass is 10.1. The monoisotopic (exact) mass is 317 g/mol. The van der Waals surface area contributed by atoms with Gasteiger partial charge in [-0.05, 0) is 50.1 Å². The summed E-state index contributed by atoms with van der Waals surface area (Å²) in [5.41, 5.74) is 2.70. The smallest absolute Gasteiger partial charge is 0.150 e. The highest BCUT2D eigenvalue weighted by atomic mass is 19.1. The Morgan fingerprint density at radius 2 is 1.87 bits per heavy atom. The molecule has 2 aromatic rings. The Hall–Kier alpha value is -2.43. The molecule has 0 unspecified atom stereocenters. The minimum Gasteiger partial charge on any atom is -0.366 e. The van der Waals surface area contributed by atoms with Crippen molar-refractivity contribution in [3.63, 3.8) is 0 Å². The van der Waals surface area contributed by atoms with Gasteiger partial charge in [-0.3, -0.25) is 0 Å². The van der Waals surface area contributed by atoms with Gasteiger partial charge in [0, 0.05) is 19.3 Å². The number of halogens is 2. The van der Waals surface area contributed by atoms with Crippen LogP contribution in [-0.2, 0) is 0 Å². The van der Waals surface area contributed by atoms with Crippen LogP contribution in [0.1, 0.15) is 18.1 Å². The van der Waals surface area contributed by atoms with Gasteiger partial charge in [0.05, 0.1) is 12.0 Å². The molecule has 0 amide bonds. The molecular formula is C18H21F2N3. The number of benzene rings is 2. The summed E-state index contributed by atoms with van der Waals surface area (Å²) in [6.45, 7) is 6.41. The zero-order valence-corrected chi connectivity index (χ0v) is 13.8. The average molecular weight is 317 g/mol. The second-order valence-corrected chi connectivity index (χ2v) is 5.49. The van der Waals surface area contributed by atoms with Crippen molar-refractivity contribution in [3.8, 4) is 0 Å². The summed E-state index contributed by atoms with van der Waals surface area (Å²) in [4.78, 5) is 6.00. The van der Waals surface area contributed by atoms with E-state index in [-0.39, 0.29) is 11.5 Å². The van der Waals surface area contributed by atoms with Crippen LogP contribution < -0.4 is 5.32 Å². The van der Waals surface area contributed by atoms with E-state index in [2.05, 4.69) is 10.3 Å². The normalized spacial score (nSPS) is 11.0. The Labute approximate surface area is 135 Å². The highest BCUT2D eigenvalue weighted by molar-refractivity contribution is 5.70. The zero-order chi connectivity index (χ0) is 17.0. The molecule has 5 heteroatoms. The highest BCUT2D eigenvalue weighted by Crippen LogP contribution is 2.30. The van der Waals surface area contributed by atoms with E-state index in [0.29, 0.717) is 11.4 Å². The molecule has 23 heavy (non-hydrogen) atoms. The maximum Gasteiger partial charge on any atom is 0.150 e. The van der Waals surface area contributed by atoms with Crippen molar-refractivity contribution in [2.75, 3.05) is 18.9 Å². The molecule has 0 aliphatic rings. The van der Waals surface area contributed by atoms with Crippen molar-refractivity contribution < 1.29 is 8.78 Å². The van der Waals surface area contributed by atoms with Crippen LogP contribution in [0.25, 0.3) is 0 Å². The van der Waals surface area contributed by atoms with E-state index in [0.717, 1.165) is 17.7 Å². The summed E-state index contributed by atoms with van der Waals surface area (Å²) in [7, 11) is 1.87. The minimum absolute atomic E-state index is 0.263. The molecular weight excluding hydrogens is 296 g/mol. The maximum absolute atomic E-state index is 14.2. The van der Waals surface area contributed by atoms with Gasteiger partial charge >= 0.3 is 0 Å². The molecule has 3 nitrogen and oxygen atoms in total. The van der Waals surface area contributed by atoms with Crippen LogP contribution in [0.4, 0.5) is 25.8 Å². The summed E-state index contributed by atoms with van der Waals surface area (Å²) in [5.74, 6) is -0.815. The molecule has 0 aliphatic carbocycles. The Morgan fingerprint density at radius 1 is 1.13 bits per heavy atom. The molecule has 2 aromatic carbocycles. The van der Waals surface area contributed by atoms with Crippen molar-refractivity contribution >= 4 is 23.4 Å². The van der Waals surface area contributed by atoms with E-state index in [9.17, 15) is 8.78 Å².